The van der Waals surface area contributed by atoms with E-state index in [1.807, 2.05) is 36.4 Å². The van der Waals surface area contributed by atoms with Gasteiger partial charge in [-0.1, -0.05) is 70.2 Å². The van der Waals surface area contributed by atoms with E-state index in [1.165, 1.54) is 5.56 Å². The van der Waals surface area contributed by atoms with Gasteiger partial charge in [0, 0.05) is 16.7 Å². The van der Waals surface area contributed by atoms with Crippen molar-refractivity contribution >= 4 is 17.8 Å². The molecule has 2 aromatic rings. The summed E-state index contributed by atoms with van der Waals surface area (Å²) < 4.78 is 5.00. The van der Waals surface area contributed by atoms with E-state index in [1.54, 1.807) is 19.9 Å². The van der Waals surface area contributed by atoms with E-state index in [9.17, 15) is 9.59 Å². The van der Waals surface area contributed by atoms with Crippen LogP contribution in [0.15, 0.2) is 48.0 Å². The molecular weight excluding hydrogens is 348 g/mol. The summed E-state index contributed by atoms with van der Waals surface area (Å²) in [5.74, 6) is 0.397. The van der Waals surface area contributed by atoms with Crippen LogP contribution in [0.5, 0.6) is 0 Å². The van der Waals surface area contributed by atoms with Crippen molar-refractivity contribution in [1.82, 2.24) is 0 Å². The lowest BCUT2D eigenvalue weighted by molar-refractivity contribution is -0.138. The van der Waals surface area contributed by atoms with Crippen LogP contribution in [0.1, 0.15) is 86.0 Å². The van der Waals surface area contributed by atoms with E-state index in [0.29, 0.717) is 23.7 Å². The SMILES string of the molecule is CCOC(=O)C(C)=Cc1ccc(C(=O)c2ccc(C(C)C)cc2C(C)C)cc1. The Morgan fingerprint density at radius 2 is 1.61 bits per heavy atom. The zero-order valence-electron chi connectivity index (χ0n) is 17.7. The van der Waals surface area contributed by atoms with Crippen LogP contribution in [-0.2, 0) is 9.53 Å². The molecule has 0 fully saturated rings. The van der Waals surface area contributed by atoms with Crippen molar-refractivity contribution in [3.8, 4) is 0 Å². The highest BCUT2D eigenvalue weighted by atomic mass is 16.5. The first-order chi connectivity index (χ1) is 13.2. The molecule has 0 radical (unpaired) electrons. The van der Waals surface area contributed by atoms with Gasteiger partial charge in [-0.25, -0.2) is 4.79 Å². The van der Waals surface area contributed by atoms with Gasteiger partial charge in [0.15, 0.2) is 5.78 Å². The van der Waals surface area contributed by atoms with Gasteiger partial charge in [-0.2, -0.15) is 0 Å². The molecule has 0 amide bonds. The molecule has 0 N–H and O–H groups in total. The number of hydrogen-bond acceptors (Lipinski definition) is 3. The van der Waals surface area contributed by atoms with E-state index >= 15 is 0 Å². The number of carbonyl (C=O) groups excluding carboxylic acids is 2. The number of ketones is 1. The Morgan fingerprint density at radius 1 is 0.964 bits per heavy atom. The number of ether oxygens (including phenoxy) is 1. The van der Waals surface area contributed by atoms with E-state index in [4.69, 9.17) is 4.74 Å². The fraction of sp³-hybridized carbons (Fsp3) is 0.360. The summed E-state index contributed by atoms with van der Waals surface area (Å²) >= 11 is 0. The Kier molecular flexibility index (Phi) is 7.33. The monoisotopic (exact) mass is 378 g/mol. The molecule has 148 valence electrons. The molecule has 0 heterocycles. The highest BCUT2D eigenvalue weighted by Gasteiger charge is 2.17. The molecule has 0 aliphatic heterocycles. The lowest BCUT2D eigenvalue weighted by Gasteiger charge is -2.16. The third kappa shape index (κ3) is 5.19. The molecular formula is C25H30O3. The number of rotatable bonds is 7. The van der Waals surface area contributed by atoms with Gasteiger partial charge in [-0.3, -0.25) is 4.79 Å². The average molecular weight is 379 g/mol. The molecule has 0 spiro atoms. The minimum Gasteiger partial charge on any atom is -0.463 e. The summed E-state index contributed by atoms with van der Waals surface area (Å²) in [7, 11) is 0. The Labute approximate surface area is 168 Å². The first kappa shape index (κ1) is 21.6. The maximum Gasteiger partial charge on any atom is 0.333 e. The summed E-state index contributed by atoms with van der Waals surface area (Å²) in [6.45, 7) is 12.4. The van der Waals surface area contributed by atoms with Gasteiger partial charge in [0.1, 0.15) is 0 Å². The second kappa shape index (κ2) is 9.50. The van der Waals surface area contributed by atoms with Crippen LogP contribution in [0.25, 0.3) is 6.08 Å². The Bertz CT molecular complexity index is 871. The van der Waals surface area contributed by atoms with E-state index in [0.717, 1.165) is 16.7 Å². The van der Waals surface area contributed by atoms with Crippen LogP contribution in [0.3, 0.4) is 0 Å². The normalized spacial score (nSPS) is 11.8. The zero-order valence-corrected chi connectivity index (χ0v) is 17.7. The molecule has 3 nitrogen and oxygen atoms in total. The molecule has 2 aromatic carbocycles. The standard InChI is InChI=1S/C25H30O3/c1-7-28-25(27)18(6)14-19-8-10-20(11-9-19)24(26)22-13-12-21(16(2)3)15-23(22)17(4)5/h8-17H,7H2,1-6H3. The lowest BCUT2D eigenvalue weighted by Crippen LogP contribution is -2.08. The maximum absolute atomic E-state index is 13.1. The van der Waals surface area contributed by atoms with Crippen LogP contribution in [0, 0.1) is 0 Å². The second-order valence-electron chi connectivity index (χ2n) is 7.66. The third-order valence-electron chi connectivity index (χ3n) is 4.76. The molecule has 28 heavy (non-hydrogen) atoms. The molecule has 0 unspecified atom stereocenters. The Morgan fingerprint density at radius 3 is 2.14 bits per heavy atom. The summed E-state index contributed by atoms with van der Waals surface area (Å²) in [6.07, 6.45) is 1.77. The average Bonchev–Trinajstić information content (AvgIpc) is 2.67. The van der Waals surface area contributed by atoms with Crippen molar-refractivity contribution in [2.24, 2.45) is 0 Å². The predicted molar refractivity (Wildman–Crippen MR) is 115 cm³/mol. The minimum absolute atomic E-state index is 0.0247. The first-order valence-corrected chi connectivity index (χ1v) is 9.88. The number of carbonyl (C=O) groups is 2. The zero-order chi connectivity index (χ0) is 20.8. The Balaban J connectivity index is 2.30. The van der Waals surface area contributed by atoms with Crippen molar-refractivity contribution in [3.63, 3.8) is 0 Å². The van der Waals surface area contributed by atoms with Crippen molar-refractivity contribution in [1.29, 1.82) is 0 Å². The maximum atomic E-state index is 13.1. The number of benzene rings is 2. The highest BCUT2D eigenvalue weighted by molar-refractivity contribution is 6.10. The van der Waals surface area contributed by atoms with Gasteiger partial charge in [-0.05, 0) is 48.4 Å². The van der Waals surface area contributed by atoms with Crippen molar-refractivity contribution in [2.75, 3.05) is 6.61 Å². The van der Waals surface area contributed by atoms with Crippen LogP contribution in [0.4, 0.5) is 0 Å². The van der Waals surface area contributed by atoms with Crippen LogP contribution < -0.4 is 0 Å². The minimum atomic E-state index is -0.325. The number of hydrogen-bond donors (Lipinski definition) is 0. The van der Waals surface area contributed by atoms with E-state index in [2.05, 4.69) is 33.8 Å². The summed E-state index contributed by atoms with van der Waals surface area (Å²) in [5, 5.41) is 0. The molecule has 0 bridgehead atoms. The van der Waals surface area contributed by atoms with Crippen LogP contribution in [-0.4, -0.2) is 18.4 Å². The predicted octanol–water partition coefficient (Wildman–Crippen LogP) is 6.13. The van der Waals surface area contributed by atoms with Crippen molar-refractivity contribution < 1.29 is 14.3 Å². The quantitative estimate of drug-likeness (QED) is 0.331. The molecule has 3 heteroatoms. The summed E-state index contributed by atoms with van der Waals surface area (Å²) in [4.78, 5) is 24.8. The van der Waals surface area contributed by atoms with Gasteiger partial charge < -0.3 is 4.74 Å². The molecule has 0 saturated heterocycles. The van der Waals surface area contributed by atoms with Gasteiger partial charge >= 0.3 is 5.97 Å². The van der Waals surface area contributed by atoms with E-state index < -0.39 is 0 Å². The second-order valence-corrected chi connectivity index (χ2v) is 7.66. The lowest BCUT2D eigenvalue weighted by atomic mass is 9.88. The molecule has 0 aromatic heterocycles. The summed E-state index contributed by atoms with van der Waals surface area (Å²) in [6, 6.07) is 13.5. The summed E-state index contributed by atoms with van der Waals surface area (Å²) in [5.41, 5.74) is 5.12. The van der Waals surface area contributed by atoms with Crippen molar-refractivity contribution in [3.05, 3.63) is 75.9 Å². The van der Waals surface area contributed by atoms with Gasteiger partial charge in [-0.15, -0.1) is 0 Å². The topological polar surface area (TPSA) is 43.4 Å². The van der Waals surface area contributed by atoms with Crippen molar-refractivity contribution in [2.45, 2.75) is 53.4 Å². The number of esters is 1. The van der Waals surface area contributed by atoms with Gasteiger partial charge in [0.05, 0.1) is 6.61 Å². The molecule has 2 rings (SSSR count). The fourth-order valence-corrected chi connectivity index (χ4v) is 3.06. The molecule has 0 atom stereocenters. The molecule has 0 saturated carbocycles. The first-order valence-electron chi connectivity index (χ1n) is 9.88. The van der Waals surface area contributed by atoms with Gasteiger partial charge in [0.25, 0.3) is 0 Å². The molecule has 0 aliphatic carbocycles. The highest BCUT2D eigenvalue weighted by Crippen LogP contribution is 2.27. The third-order valence-corrected chi connectivity index (χ3v) is 4.76. The Hall–Kier alpha value is -2.68. The van der Waals surface area contributed by atoms with E-state index in [-0.39, 0.29) is 17.7 Å². The smallest absolute Gasteiger partial charge is 0.333 e. The largest absolute Gasteiger partial charge is 0.463 e. The van der Waals surface area contributed by atoms with Crippen LogP contribution in [0.2, 0.25) is 0 Å². The molecule has 0 aliphatic rings. The van der Waals surface area contributed by atoms with Crippen LogP contribution >= 0.6 is 0 Å². The van der Waals surface area contributed by atoms with Gasteiger partial charge in [0.2, 0.25) is 0 Å². The fourth-order valence-electron chi connectivity index (χ4n) is 3.06.